The van der Waals surface area contributed by atoms with Gasteiger partial charge in [-0.2, -0.15) is 10.1 Å². The van der Waals surface area contributed by atoms with Crippen molar-refractivity contribution in [3.05, 3.63) is 29.7 Å². The number of aromatic nitrogens is 4. The molecule has 0 bridgehead atoms. The Labute approximate surface area is 134 Å². The first-order valence-corrected chi connectivity index (χ1v) is 7.92. The van der Waals surface area contributed by atoms with Gasteiger partial charge < -0.3 is 14.7 Å². The van der Waals surface area contributed by atoms with E-state index >= 15 is 0 Å². The number of likely N-dealkylation sites (tertiary alicyclic amines) is 1. The van der Waals surface area contributed by atoms with E-state index in [1.807, 2.05) is 31.3 Å². The third kappa shape index (κ3) is 3.88. The molecule has 0 spiro atoms. The Bertz CT molecular complexity index is 656. The van der Waals surface area contributed by atoms with Crippen molar-refractivity contribution in [3.63, 3.8) is 0 Å². The summed E-state index contributed by atoms with van der Waals surface area (Å²) in [5.41, 5.74) is 1.12. The first-order valence-electron chi connectivity index (χ1n) is 7.92. The Kier molecular flexibility index (Phi) is 4.59. The number of rotatable bonds is 4. The third-order valence-corrected chi connectivity index (χ3v) is 4.12. The highest BCUT2D eigenvalue weighted by Crippen LogP contribution is 2.26. The number of aryl methyl sites for hydroxylation is 2. The van der Waals surface area contributed by atoms with Gasteiger partial charge in [-0.05, 0) is 31.7 Å². The van der Waals surface area contributed by atoms with Gasteiger partial charge in [0, 0.05) is 38.8 Å². The van der Waals surface area contributed by atoms with Gasteiger partial charge in [0.2, 0.25) is 5.89 Å². The minimum absolute atomic E-state index is 0.00551. The molecule has 2 aromatic heterocycles. The second kappa shape index (κ2) is 6.80. The smallest absolute Gasteiger partial charge is 0.317 e. The van der Waals surface area contributed by atoms with E-state index in [9.17, 15) is 4.79 Å². The summed E-state index contributed by atoms with van der Waals surface area (Å²) in [6, 6.07) is -0.00551. The van der Waals surface area contributed by atoms with Crippen LogP contribution in [0.2, 0.25) is 0 Å². The van der Waals surface area contributed by atoms with Crippen LogP contribution in [0.3, 0.4) is 0 Å². The average molecular weight is 318 g/mol. The first kappa shape index (κ1) is 15.5. The summed E-state index contributed by atoms with van der Waals surface area (Å²) in [5, 5.41) is 10.9. The molecule has 23 heavy (non-hydrogen) atoms. The number of carbonyl (C=O) groups excluding carboxylic acids is 1. The standard InChI is InChI=1S/C15H22N6O2/c1-11-18-14(23-19-11)13-4-7-21(8-5-13)15(22)16-6-3-12-9-17-20(2)10-12/h9-10,13H,3-8H2,1-2H3,(H,16,22). The largest absolute Gasteiger partial charge is 0.339 e. The third-order valence-electron chi connectivity index (χ3n) is 4.12. The fourth-order valence-electron chi connectivity index (χ4n) is 2.84. The van der Waals surface area contributed by atoms with Gasteiger partial charge in [0.1, 0.15) is 0 Å². The minimum atomic E-state index is -0.00551. The number of amides is 2. The van der Waals surface area contributed by atoms with E-state index in [1.54, 1.807) is 4.68 Å². The lowest BCUT2D eigenvalue weighted by atomic mass is 9.97. The molecule has 2 aromatic rings. The van der Waals surface area contributed by atoms with Crippen molar-refractivity contribution in [2.45, 2.75) is 32.1 Å². The maximum Gasteiger partial charge on any atom is 0.317 e. The molecule has 3 heterocycles. The van der Waals surface area contributed by atoms with Crippen molar-refractivity contribution in [1.82, 2.24) is 30.1 Å². The molecule has 0 aromatic carbocycles. The van der Waals surface area contributed by atoms with Gasteiger partial charge in [0.15, 0.2) is 5.82 Å². The molecule has 0 atom stereocenters. The average Bonchev–Trinajstić information content (AvgIpc) is 3.16. The van der Waals surface area contributed by atoms with Gasteiger partial charge in [0.25, 0.3) is 0 Å². The lowest BCUT2D eigenvalue weighted by Crippen LogP contribution is -2.44. The lowest BCUT2D eigenvalue weighted by Gasteiger charge is -2.30. The molecule has 0 radical (unpaired) electrons. The molecule has 0 aliphatic carbocycles. The summed E-state index contributed by atoms with van der Waals surface area (Å²) in [5.74, 6) is 1.62. The van der Waals surface area contributed by atoms with Crippen LogP contribution in [0.1, 0.15) is 36.0 Å². The van der Waals surface area contributed by atoms with Crippen molar-refractivity contribution in [3.8, 4) is 0 Å². The zero-order chi connectivity index (χ0) is 16.2. The number of hydrogen-bond donors (Lipinski definition) is 1. The van der Waals surface area contributed by atoms with Gasteiger partial charge in [-0.25, -0.2) is 4.79 Å². The van der Waals surface area contributed by atoms with E-state index in [1.165, 1.54) is 0 Å². The molecule has 1 N–H and O–H groups in total. The Morgan fingerprint density at radius 2 is 2.22 bits per heavy atom. The van der Waals surface area contributed by atoms with E-state index in [0.29, 0.717) is 31.3 Å². The second-order valence-electron chi connectivity index (χ2n) is 5.95. The highest BCUT2D eigenvalue weighted by atomic mass is 16.5. The number of nitrogens with one attached hydrogen (secondary N) is 1. The maximum absolute atomic E-state index is 12.2. The van der Waals surface area contributed by atoms with Crippen molar-refractivity contribution < 1.29 is 9.32 Å². The molecular weight excluding hydrogens is 296 g/mol. The van der Waals surface area contributed by atoms with E-state index in [2.05, 4.69) is 20.6 Å². The molecule has 0 unspecified atom stereocenters. The summed E-state index contributed by atoms with van der Waals surface area (Å²) in [4.78, 5) is 18.3. The van der Waals surface area contributed by atoms with Crippen LogP contribution in [0, 0.1) is 6.92 Å². The number of carbonyl (C=O) groups is 1. The molecule has 0 saturated carbocycles. The molecule has 124 valence electrons. The van der Waals surface area contributed by atoms with Gasteiger partial charge in [-0.3, -0.25) is 4.68 Å². The van der Waals surface area contributed by atoms with Crippen molar-refractivity contribution in [1.29, 1.82) is 0 Å². The Morgan fingerprint density at radius 3 is 2.83 bits per heavy atom. The number of piperidine rings is 1. The SMILES string of the molecule is Cc1noc(C2CCN(C(=O)NCCc3cnn(C)c3)CC2)n1. The predicted octanol–water partition coefficient (Wildman–Crippen LogP) is 1.24. The summed E-state index contributed by atoms with van der Waals surface area (Å²) in [6.45, 7) is 3.86. The quantitative estimate of drug-likeness (QED) is 0.916. The van der Waals surface area contributed by atoms with Crippen LogP contribution in [-0.4, -0.2) is 50.5 Å². The number of hydrogen-bond acceptors (Lipinski definition) is 5. The van der Waals surface area contributed by atoms with Crippen LogP contribution in [-0.2, 0) is 13.5 Å². The molecule has 1 aliphatic heterocycles. The van der Waals surface area contributed by atoms with Crippen molar-refractivity contribution in [2.75, 3.05) is 19.6 Å². The van der Waals surface area contributed by atoms with E-state index in [0.717, 1.165) is 24.8 Å². The normalized spacial score (nSPS) is 15.8. The zero-order valence-corrected chi connectivity index (χ0v) is 13.5. The monoisotopic (exact) mass is 318 g/mol. The van der Waals surface area contributed by atoms with Gasteiger partial charge in [-0.1, -0.05) is 5.16 Å². The summed E-state index contributed by atoms with van der Waals surface area (Å²) < 4.78 is 6.99. The van der Waals surface area contributed by atoms with E-state index < -0.39 is 0 Å². The molecule has 8 nitrogen and oxygen atoms in total. The van der Waals surface area contributed by atoms with Gasteiger partial charge >= 0.3 is 6.03 Å². The van der Waals surface area contributed by atoms with Crippen molar-refractivity contribution >= 4 is 6.03 Å². The first-order chi connectivity index (χ1) is 11.1. The summed E-state index contributed by atoms with van der Waals surface area (Å²) in [7, 11) is 1.89. The molecule has 1 fully saturated rings. The minimum Gasteiger partial charge on any atom is -0.339 e. The highest BCUT2D eigenvalue weighted by Gasteiger charge is 2.26. The Balaban J connectivity index is 1.41. The number of urea groups is 1. The molecule has 8 heteroatoms. The topological polar surface area (TPSA) is 89.1 Å². The predicted molar refractivity (Wildman–Crippen MR) is 82.9 cm³/mol. The Hall–Kier alpha value is -2.38. The highest BCUT2D eigenvalue weighted by molar-refractivity contribution is 5.74. The van der Waals surface area contributed by atoms with Crippen LogP contribution < -0.4 is 5.32 Å². The van der Waals surface area contributed by atoms with Crippen LogP contribution in [0.25, 0.3) is 0 Å². The van der Waals surface area contributed by atoms with Crippen molar-refractivity contribution in [2.24, 2.45) is 7.05 Å². The van der Waals surface area contributed by atoms with Crippen LogP contribution >= 0.6 is 0 Å². The maximum atomic E-state index is 12.2. The van der Waals surface area contributed by atoms with E-state index in [-0.39, 0.29) is 11.9 Å². The molecule has 2 amide bonds. The summed E-state index contributed by atoms with van der Waals surface area (Å²) in [6.07, 6.45) is 6.29. The van der Waals surface area contributed by atoms with Crippen LogP contribution in [0.15, 0.2) is 16.9 Å². The molecule has 1 saturated heterocycles. The lowest BCUT2D eigenvalue weighted by molar-refractivity contribution is 0.175. The number of nitrogens with zero attached hydrogens (tertiary/aromatic N) is 5. The molecule has 3 rings (SSSR count). The molecule has 1 aliphatic rings. The fourth-order valence-corrected chi connectivity index (χ4v) is 2.84. The zero-order valence-electron chi connectivity index (χ0n) is 13.5. The molecular formula is C15H22N6O2. The summed E-state index contributed by atoms with van der Waals surface area (Å²) >= 11 is 0. The fraction of sp³-hybridized carbons (Fsp3) is 0.600. The van der Waals surface area contributed by atoms with E-state index in [4.69, 9.17) is 4.52 Å². The van der Waals surface area contributed by atoms with Gasteiger partial charge in [0.05, 0.1) is 6.20 Å². The Morgan fingerprint density at radius 1 is 1.43 bits per heavy atom. The van der Waals surface area contributed by atoms with Gasteiger partial charge in [-0.15, -0.1) is 0 Å². The second-order valence-corrected chi connectivity index (χ2v) is 5.95. The van der Waals surface area contributed by atoms with Crippen LogP contribution in [0.5, 0.6) is 0 Å². The van der Waals surface area contributed by atoms with Crippen LogP contribution in [0.4, 0.5) is 4.79 Å².